The van der Waals surface area contributed by atoms with Crippen molar-refractivity contribution in [1.82, 2.24) is 4.31 Å². The topological polar surface area (TPSA) is 75.7 Å². The zero-order valence-corrected chi connectivity index (χ0v) is 17.0. The molecule has 2 rings (SSSR count). The molecule has 0 aliphatic rings. The van der Waals surface area contributed by atoms with Gasteiger partial charge < -0.3 is 10.1 Å². The van der Waals surface area contributed by atoms with Gasteiger partial charge in [-0.25, -0.2) is 12.7 Å². The first-order chi connectivity index (χ1) is 11.7. The van der Waals surface area contributed by atoms with Gasteiger partial charge in [0.15, 0.2) is 0 Å². The molecule has 2 aromatic rings. The molecule has 1 aromatic heterocycles. The van der Waals surface area contributed by atoms with Crippen molar-refractivity contribution in [2.75, 3.05) is 26.5 Å². The number of amides is 1. The number of anilines is 1. The molecular formula is C16H17BrN2O4S2. The smallest absolute Gasteiger partial charge is 0.248 e. The van der Waals surface area contributed by atoms with Crippen molar-refractivity contribution in [2.45, 2.75) is 4.90 Å². The Bertz CT molecular complexity index is 905. The number of benzene rings is 1. The normalized spacial score (nSPS) is 11.9. The van der Waals surface area contributed by atoms with Crippen LogP contribution in [0.25, 0.3) is 6.08 Å². The number of sulfonamides is 1. The quantitative estimate of drug-likeness (QED) is 0.692. The highest BCUT2D eigenvalue weighted by molar-refractivity contribution is 9.11. The highest BCUT2D eigenvalue weighted by atomic mass is 79.9. The summed E-state index contributed by atoms with van der Waals surface area (Å²) in [6.07, 6.45) is 3.06. The summed E-state index contributed by atoms with van der Waals surface area (Å²) < 4.78 is 31.7. The molecule has 1 heterocycles. The average Bonchev–Trinajstić information content (AvgIpc) is 2.98. The van der Waals surface area contributed by atoms with Crippen LogP contribution in [-0.2, 0) is 14.8 Å². The summed E-state index contributed by atoms with van der Waals surface area (Å²) in [6.45, 7) is 0. The standard InChI is InChI=1S/C16H17BrN2O4S2/c1-19(2)25(21,22)12-6-7-14(23-3)13(10-12)18-16(20)9-5-11-4-8-15(17)24-11/h4-10H,1-3H3,(H,18,20)/b9-5+. The number of carbonyl (C=O) groups is 1. The van der Waals surface area contributed by atoms with E-state index in [9.17, 15) is 13.2 Å². The Morgan fingerprint density at radius 3 is 2.56 bits per heavy atom. The van der Waals surface area contributed by atoms with E-state index in [1.807, 2.05) is 12.1 Å². The number of halogens is 1. The molecule has 0 aliphatic heterocycles. The molecule has 0 spiro atoms. The number of methoxy groups -OCH3 is 1. The third-order valence-electron chi connectivity index (χ3n) is 3.20. The van der Waals surface area contributed by atoms with Gasteiger partial charge in [0, 0.05) is 25.0 Å². The van der Waals surface area contributed by atoms with Crippen molar-refractivity contribution in [3.8, 4) is 5.75 Å². The van der Waals surface area contributed by atoms with Crippen molar-refractivity contribution in [3.05, 3.63) is 45.1 Å². The van der Waals surface area contributed by atoms with E-state index in [0.717, 1.165) is 13.0 Å². The predicted molar refractivity (Wildman–Crippen MR) is 104 cm³/mol. The molecule has 0 saturated heterocycles. The minimum atomic E-state index is -3.61. The summed E-state index contributed by atoms with van der Waals surface area (Å²) in [5, 5.41) is 2.65. The van der Waals surface area contributed by atoms with Crippen LogP contribution in [0.1, 0.15) is 4.88 Å². The molecule has 9 heteroatoms. The van der Waals surface area contributed by atoms with Crippen LogP contribution in [0, 0.1) is 0 Å². The highest BCUT2D eigenvalue weighted by Crippen LogP contribution is 2.28. The molecular weight excluding hydrogens is 428 g/mol. The Morgan fingerprint density at radius 2 is 2.00 bits per heavy atom. The second-order valence-electron chi connectivity index (χ2n) is 5.11. The molecule has 1 aromatic carbocycles. The molecule has 0 unspecified atom stereocenters. The van der Waals surface area contributed by atoms with Crippen LogP contribution >= 0.6 is 27.3 Å². The highest BCUT2D eigenvalue weighted by Gasteiger charge is 2.19. The average molecular weight is 445 g/mol. The molecule has 0 bridgehead atoms. The first kappa shape index (κ1) is 19.6. The maximum absolute atomic E-state index is 12.2. The van der Waals surface area contributed by atoms with E-state index in [4.69, 9.17) is 4.74 Å². The van der Waals surface area contributed by atoms with E-state index in [-0.39, 0.29) is 16.5 Å². The lowest BCUT2D eigenvalue weighted by molar-refractivity contribution is -0.111. The Kier molecular flexibility index (Phi) is 6.39. The Morgan fingerprint density at radius 1 is 1.28 bits per heavy atom. The van der Waals surface area contributed by atoms with Crippen molar-refractivity contribution < 1.29 is 17.9 Å². The van der Waals surface area contributed by atoms with Crippen LogP contribution < -0.4 is 10.1 Å². The van der Waals surface area contributed by atoms with Crippen LogP contribution in [0.5, 0.6) is 5.75 Å². The maximum Gasteiger partial charge on any atom is 0.248 e. The monoisotopic (exact) mass is 444 g/mol. The number of carbonyl (C=O) groups excluding carboxylic acids is 1. The van der Waals surface area contributed by atoms with Crippen molar-refractivity contribution in [1.29, 1.82) is 0 Å². The second kappa shape index (κ2) is 8.13. The minimum Gasteiger partial charge on any atom is -0.495 e. The van der Waals surface area contributed by atoms with Gasteiger partial charge in [0.25, 0.3) is 0 Å². The zero-order chi connectivity index (χ0) is 18.6. The molecule has 0 radical (unpaired) electrons. The number of hydrogen-bond acceptors (Lipinski definition) is 5. The molecule has 0 fully saturated rings. The third-order valence-corrected chi connectivity index (χ3v) is 6.60. The predicted octanol–water partition coefficient (Wildman–Crippen LogP) is 3.42. The fourth-order valence-electron chi connectivity index (χ4n) is 1.91. The number of ether oxygens (including phenoxy) is 1. The Hall–Kier alpha value is -1.68. The second-order valence-corrected chi connectivity index (χ2v) is 9.76. The summed E-state index contributed by atoms with van der Waals surface area (Å²) >= 11 is 4.85. The number of nitrogens with one attached hydrogen (secondary N) is 1. The van der Waals surface area contributed by atoms with Gasteiger partial charge in [0.1, 0.15) is 5.75 Å². The van der Waals surface area contributed by atoms with E-state index in [1.54, 1.807) is 6.08 Å². The SMILES string of the molecule is COc1ccc(S(=O)(=O)N(C)C)cc1NC(=O)/C=C/c1ccc(Br)s1. The van der Waals surface area contributed by atoms with Crippen LogP contribution in [0.15, 0.2) is 45.1 Å². The summed E-state index contributed by atoms with van der Waals surface area (Å²) in [7, 11) is 0.729. The van der Waals surface area contributed by atoms with E-state index in [1.165, 1.54) is 56.8 Å². The van der Waals surface area contributed by atoms with E-state index in [2.05, 4.69) is 21.2 Å². The van der Waals surface area contributed by atoms with Gasteiger partial charge in [-0.1, -0.05) is 0 Å². The van der Waals surface area contributed by atoms with Crippen LogP contribution in [0.3, 0.4) is 0 Å². The van der Waals surface area contributed by atoms with Gasteiger partial charge in [-0.2, -0.15) is 0 Å². The summed E-state index contributed by atoms with van der Waals surface area (Å²) in [5.74, 6) is -0.0134. The molecule has 134 valence electrons. The van der Waals surface area contributed by atoms with Gasteiger partial charge >= 0.3 is 0 Å². The van der Waals surface area contributed by atoms with Gasteiger partial charge in [0.05, 0.1) is 21.5 Å². The molecule has 1 N–H and O–H groups in total. The Labute approximate surface area is 159 Å². The lowest BCUT2D eigenvalue weighted by Gasteiger charge is -2.14. The largest absolute Gasteiger partial charge is 0.495 e. The summed E-state index contributed by atoms with van der Waals surface area (Å²) in [5.41, 5.74) is 0.285. The van der Waals surface area contributed by atoms with Gasteiger partial charge in [-0.3, -0.25) is 4.79 Å². The maximum atomic E-state index is 12.2. The zero-order valence-electron chi connectivity index (χ0n) is 13.8. The van der Waals surface area contributed by atoms with Crippen LogP contribution in [0.4, 0.5) is 5.69 Å². The van der Waals surface area contributed by atoms with E-state index < -0.39 is 10.0 Å². The fraction of sp³-hybridized carbons (Fsp3) is 0.188. The summed E-state index contributed by atoms with van der Waals surface area (Å²) in [4.78, 5) is 13.1. The summed E-state index contributed by atoms with van der Waals surface area (Å²) in [6, 6.07) is 8.08. The molecule has 0 atom stereocenters. The van der Waals surface area contributed by atoms with Crippen molar-refractivity contribution in [3.63, 3.8) is 0 Å². The third kappa shape index (κ3) is 4.91. The van der Waals surface area contributed by atoms with Crippen LogP contribution in [-0.4, -0.2) is 39.8 Å². The molecule has 0 saturated carbocycles. The first-order valence-corrected chi connectivity index (χ1v) is 10.1. The Balaban J connectivity index is 2.25. The van der Waals surface area contributed by atoms with Crippen molar-refractivity contribution in [2.24, 2.45) is 0 Å². The van der Waals surface area contributed by atoms with Gasteiger partial charge in [-0.15, -0.1) is 11.3 Å². The minimum absolute atomic E-state index is 0.0692. The number of hydrogen-bond donors (Lipinski definition) is 1. The molecule has 1 amide bonds. The van der Waals surface area contributed by atoms with Crippen LogP contribution in [0.2, 0.25) is 0 Å². The lowest BCUT2D eigenvalue weighted by Crippen LogP contribution is -2.22. The molecule has 6 nitrogen and oxygen atoms in total. The molecule has 0 aliphatic carbocycles. The van der Waals surface area contributed by atoms with Crippen molar-refractivity contribution >= 4 is 55.0 Å². The number of rotatable bonds is 6. The fourth-order valence-corrected chi connectivity index (χ4v) is 4.16. The van der Waals surface area contributed by atoms with E-state index >= 15 is 0 Å². The van der Waals surface area contributed by atoms with Gasteiger partial charge in [0.2, 0.25) is 15.9 Å². The first-order valence-electron chi connectivity index (χ1n) is 7.09. The molecule has 25 heavy (non-hydrogen) atoms. The number of nitrogens with zero attached hydrogens (tertiary/aromatic N) is 1. The number of thiophene rings is 1. The van der Waals surface area contributed by atoms with Gasteiger partial charge in [-0.05, 0) is 52.3 Å². The lowest BCUT2D eigenvalue weighted by atomic mass is 10.3. The van der Waals surface area contributed by atoms with E-state index in [0.29, 0.717) is 5.75 Å².